The van der Waals surface area contributed by atoms with E-state index in [0.717, 1.165) is 43.1 Å². The van der Waals surface area contributed by atoms with Gasteiger partial charge < -0.3 is 20.3 Å². The van der Waals surface area contributed by atoms with Crippen LogP contribution >= 0.6 is 0 Å². The maximum atomic E-state index is 12.9. The van der Waals surface area contributed by atoms with Gasteiger partial charge in [-0.3, -0.25) is 9.78 Å². The summed E-state index contributed by atoms with van der Waals surface area (Å²) in [6.07, 6.45) is 3.34. The number of aromatic nitrogens is 3. The van der Waals surface area contributed by atoms with Crippen LogP contribution in [-0.2, 0) is 4.74 Å². The van der Waals surface area contributed by atoms with Crippen molar-refractivity contribution in [3.8, 4) is 0 Å². The molecule has 0 aromatic carbocycles. The predicted molar refractivity (Wildman–Crippen MR) is 106 cm³/mol. The van der Waals surface area contributed by atoms with Gasteiger partial charge in [-0.15, -0.1) is 0 Å². The molecule has 2 fully saturated rings. The van der Waals surface area contributed by atoms with E-state index in [1.165, 1.54) is 0 Å². The zero-order valence-electron chi connectivity index (χ0n) is 16.4. The second-order valence-electron chi connectivity index (χ2n) is 7.66. The molecule has 4 rings (SSSR count). The van der Waals surface area contributed by atoms with E-state index >= 15 is 0 Å². The van der Waals surface area contributed by atoms with Gasteiger partial charge in [-0.05, 0) is 38.8 Å². The number of aryl methyl sites for hydroxylation is 2. The average Bonchev–Trinajstić information content (AvgIpc) is 2.68. The highest BCUT2D eigenvalue weighted by Crippen LogP contribution is 2.32. The molecule has 2 aliphatic heterocycles. The van der Waals surface area contributed by atoms with Gasteiger partial charge in [0, 0.05) is 43.3 Å². The lowest BCUT2D eigenvalue weighted by Gasteiger charge is -2.47. The third kappa shape index (κ3) is 3.77. The number of carbonyl (C=O) groups is 1. The summed E-state index contributed by atoms with van der Waals surface area (Å²) < 4.78 is 6.18. The number of carbonyl (C=O) groups excluding carboxylic acids is 1. The number of nitrogen functional groups attached to an aromatic ring is 1. The van der Waals surface area contributed by atoms with Crippen molar-refractivity contribution in [3.63, 3.8) is 0 Å². The molecule has 1 amide bonds. The molecule has 2 aliphatic rings. The maximum absolute atomic E-state index is 12.9. The second-order valence-corrected chi connectivity index (χ2v) is 7.66. The standard InChI is InChI=1S/C20H26N6O2/c1-14-3-4-16(12-22-14)18(27)26-9-10-28-20(13-26)5-7-25(8-6-20)17-11-15(2)23-19(21)24-17/h3-4,11-12H,5-10,13H2,1-2H3,(H2,21,23,24). The van der Waals surface area contributed by atoms with Gasteiger partial charge in [0.15, 0.2) is 0 Å². The van der Waals surface area contributed by atoms with Crippen LogP contribution in [0.15, 0.2) is 24.4 Å². The molecule has 2 aromatic heterocycles. The van der Waals surface area contributed by atoms with Crippen molar-refractivity contribution in [2.75, 3.05) is 43.4 Å². The molecular formula is C20H26N6O2. The lowest BCUT2D eigenvalue weighted by atomic mass is 9.89. The highest BCUT2D eigenvalue weighted by atomic mass is 16.5. The summed E-state index contributed by atoms with van der Waals surface area (Å²) in [6, 6.07) is 5.67. The fourth-order valence-corrected chi connectivity index (χ4v) is 3.98. The lowest BCUT2D eigenvalue weighted by molar-refractivity contribution is -0.111. The Kier molecular flexibility index (Phi) is 4.89. The molecule has 0 saturated carbocycles. The zero-order chi connectivity index (χ0) is 19.7. The van der Waals surface area contributed by atoms with Crippen LogP contribution in [0, 0.1) is 13.8 Å². The van der Waals surface area contributed by atoms with Crippen LogP contribution in [0.4, 0.5) is 11.8 Å². The largest absolute Gasteiger partial charge is 0.371 e. The number of hydrogen-bond acceptors (Lipinski definition) is 7. The van der Waals surface area contributed by atoms with Gasteiger partial charge in [0.2, 0.25) is 5.95 Å². The molecular weight excluding hydrogens is 356 g/mol. The molecule has 4 heterocycles. The Morgan fingerprint density at radius 1 is 1.14 bits per heavy atom. The van der Waals surface area contributed by atoms with E-state index in [2.05, 4.69) is 19.9 Å². The minimum Gasteiger partial charge on any atom is -0.371 e. The topological polar surface area (TPSA) is 97.5 Å². The zero-order valence-corrected chi connectivity index (χ0v) is 16.4. The molecule has 0 bridgehead atoms. The van der Waals surface area contributed by atoms with Crippen molar-refractivity contribution in [1.82, 2.24) is 19.9 Å². The Balaban J connectivity index is 1.43. The monoisotopic (exact) mass is 382 g/mol. The van der Waals surface area contributed by atoms with E-state index in [4.69, 9.17) is 10.5 Å². The summed E-state index contributed by atoms with van der Waals surface area (Å²) in [7, 11) is 0. The number of hydrogen-bond donors (Lipinski definition) is 1. The molecule has 8 heteroatoms. The van der Waals surface area contributed by atoms with Crippen molar-refractivity contribution in [1.29, 1.82) is 0 Å². The normalized spacial score (nSPS) is 19.1. The van der Waals surface area contributed by atoms with Crippen molar-refractivity contribution < 1.29 is 9.53 Å². The van der Waals surface area contributed by atoms with Crippen LogP contribution in [0.25, 0.3) is 0 Å². The lowest BCUT2D eigenvalue weighted by Crippen LogP contribution is -2.58. The van der Waals surface area contributed by atoms with Gasteiger partial charge in [0.05, 0.1) is 24.3 Å². The molecule has 8 nitrogen and oxygen atoms in total. The first-order valence-corrected chi connectivity index (χ1v) is 9.66. The van der Waals surface area contributed by atoms with E-state index < -0.39 is 0 Å². The first-order chi connectivity index (χ1) is 13.4. The summed E-state index contributed by atoms with van der Waals surface area (Å²) in [5, 5.41) is 0. The molecule has 0 unspecified atom stereocenters. The summed E-state index contributed by atoms with van der Waals surface area (Å²) in [5.41, 5.74) is 7.90. The van der Waals surface area contributed by atoms with Crippen LogP contribution in [0.5, 0.6) is 0 Å². The predicted octanol–water partition coefficient (Wildman–Crippen LogP) is 1.58. The number of rotatable bonds is 2. The van der Waals surface area contributed by atoms with Crippen molar-refractivity contribution >= 4 is 17.7 Å². The molecule has 2 N–H and O–H groups in total. The minimum absolute atomic E-state index is 0.0248. The Labute approximate surface area is 164 Å². The number of nitrogens with zero attached hydrogens (tertiary/aromatic N) is 5. The molecule has 28 heavy (non-hydrogen) atoms. The Morgan fingerprint density at radius 3 is 2.61 bits per heavy atom. The summed E-state index contributed by atoms with van der Waals surface area (Å²) in [6.45, 7) is 7.23. The molecule has 148 valence electrons. The third-order valence-corrected chi connectivity index (χ3v) is 5.55. The number of pyridine rings is 1. The van der Waals surface area contributed by atoms with Crippen LogP contribution in [-0.4, -0.2) is 64.1 Å². The average molecular weight is 382 g/mol. The minimum atomic E-state index is -0.295. The highest BCUT2D eigenvalue weighted by molar-refractivity contribution is 5.94. The van der Waals surface area contributed by atoms with E-state index in [0.29, 0.717) is 31.2 Å². The van der Waals surface area contributed by atoms with Gasteiger partial charge in [0.25, 0.3) is 5.91 Å². The van der Waals surface area contributed by atoms with Gasteiger partial charge in [-0.2, -0.15) is 4.98 Å². The fourth-order valence-electron chi connectivity index (χ4n) is 3.98. The van der Waals surface area contributed by atoms with E-state index in [9.17, 15) is 4.79 Å². The summed E-state index contributed by atoms with van der Waals surface area (Å²) in [5.74, 6) is 1.18. The highest BCUT2D eigenvalue weighted by Gasteiger charge is 2.41. The third-order valence-electron chi connectivity index (χ3n) is 5.55. The Morgan fingerprint density at radius 2 is 1.93 bits per heavy atom. The number of ether oxygens (including phenoxy) is 1. The molecule has 0 atom stereocenters. The van der Waals surface area contributed by atoms with E-state index in [1.54, 1.807) is 6.20 Å². The number of nitrogens with two attached hydrogens (primary N) is 1. The first-order valence-electron chi connectivity index (χ1n) is 9.66. The number of amides is 1. The summed E-state index contributed by atoms with van der Waals surface area (Å²) in [4.78, 5) is 29.8. The van der Waals surface area contributed by atoms with Crippen molar-refractivity contribution in [3.05, 3.63) is 41.3 Å². The summed E-state index contributed by atoms with van der Waals surface area (Å²) >= 11 is 0. The van der Waals surface area contributed by atoms with Crippen molar-refractivity contribution in [2.24, 2.45) is 0 Å². The number of piperidine rings is 1. The SMILES string of the molecule is Cc1ccc(C(=O)N2CCOC3(CCN(c4cc(C)nc(N)n4)CC3)C2)cn1. The first kappa shape index (κ1) is 18.6. The fraction of sp³-hybridized carbons (Fsp3) is 0.500. The van der Waals surface area contributed by atoms with Crippen LogP contribution in [0.3, 0.4) is 0 Å². The molecule has 2 aromatic rings. The maximum Gasteiger partial charge on any atom is 0.255 e. The van der Waals surface area contributed by atoms with E-state index in [-0.39, 0.29) is 11.5 Å². The van der Waals surface area contributed by atoms with Gasteiger partial charge in [-0.25, -0.2) is 4.98 Å². The van der Waals surface area contributed by atoms with Crippen LogP contribution in [0.2, 0.25) is 0 Å². The number of anilines is 2. The smallest absolute Gasteiger partial charge is 0.255 e. The van der Waals surface area contributed by atoms with Gasteiger partial charge in [-0.1, -0.05) is 0 Å². The van der Waals surface area contributed by atoms with E-state index in [1.807, 2.05) is 36.9 Å². The number of morpholine rings is 1. The Hall–Kier alpha value is -2.74. The second kappa shape index (κ2) is 7.35. The molecule has 0 radical (unpaired) electrons. The van der Waals surface area contributed by atoms with Crippen LogP contribution in [0.1, 0.15) is 34.6 Å². The van der Waals surface area contributed by atoms with Gasteiger partial charge in [0.1, 0.15) is 5.82 Å². The van der Waals surface area contributed by atoms with Crippen molar-refractivity contribution in [2.45, 2.75) is 32.3 Å². The molecule has 2 saturated heterocycles. The van der Waals surface area contributed by atoms with Gasteiger partial charge >= 0.3 is 0 Å². The Bertz CT molecular complexity index is 841. The molecule has 0 aliphatic carbocycles. The quantitative estimate of drug-likeness (QED) is 0.842. The van der Waals surface area contributed by atoms with Crippen LogP contribution < -0.4 is 10.6 Å². The molecule has 1 spiro atoms.